The van der Waals surface area contributed by atoms with Crippen LogP contribution >= 0.6 is 0 Å². The summed E-state index contributed by atoms with van der Waals surface area (Å²) in [6.07, 6.45) is 0.406. The Morgan fingerprint density at radius 1 is 0.947 bits per heavy atom. The topological polar surface area (TPSA) is 61.8 Å². The van der Waals surface area contributed by atoms with Gasteiger partial charge >= 0.3 is 0 Å². The fourth-order valence-electron chi connectivity index (χ4n) is 1.68. The van der Waals surface area contributed by atoms with Crippen molar-refractivity contribution in [2.24, 2.45) is 0 Å². The van der Waals surface area contributed by atoms with Gasteiger partial charge in [0, 0.05) is 18.4 Å². The van der Waals surface area contributed by atoms with E-state index in [4.69, 9.17) is 14.2 Å². The molecule has 0 spiro atoms. The minimum absolute atomic E-state index is 0.0132. The minimum Gasteiger partial charge on any atom is -0.493 e. The number of benzene rings is 1. The van der Waals surface area contributed by atoms with Gasteiger partial charge in [-0.05, 0) is 19.1 Å². The van der Waals surface area contributed by atoms with E-state index in [1.54, 1.807) is 12.1 Å². The van der Waals surface area contributed by atoms with Gasteiger partial charge in [-0.3, -0.25) is 4.79 Å². The fraction of sp³-hybridized carbons (Fsp3) is 0.429. The first kappa shape index (κ1) is 15.0. The predicted octanol–water partition coefficient (Wildman–Crippen LogP) is 2.26. The van der Waals surface area contributed by atoms with Crippen LogP contribution in [0.2, 0.25) is 0 Å². The molecule has 0 amide bonds. The summed E-state index contributed by atoms with van der Waals surface area (Å²) in [5.74, 6) is 1.14. The Labute approximate surface area is 112 Å². The number of hydrogen-bond donors (Lipinski definition) is 0. The van der Waals surface area contributed by atoms with Crippen molar-refractivity contribution in [2.45, 2.75) is 19.8 Å². The van der Waals surface area contributed by atoms with E-state index < -0.39 is 0 Å². The Kier molecular flexibility index (Phi) is 5.36. The highest BCUT2D eigenvalue weighted by Gasteiger charge is 2.17. The van der Waals surface area contributed by atoms with Crippen molar-refractivity contribution in [1.82, 2.24) is 0 Å². The van der Waals surface area contributed by atoms with E-state index >= 15 is 0 Å². The number of methoxy groups -OCH3 is 3. The molecule has 0 heterocycles. The Morgan fingerprint density at radius 2 is 1.47 bits per heavy atom. The first-order valence-electron chi connectivity index (χ1n) is 5.86. The molecule has 0 unspecified atom stereocenters. The van der Waals surface area contributed by atoms with E-state index in [2.05, 4.69) is 0 Å². The molecule has 0 atom stereocenters. The van der Waals surface area contributed by atoms with Crippen molar-refractivity contribution in [3.8, 4) is 17.2 Å². The maximum atomic E-state index is 12.0. The third kappa shape index (κ3) is 3.71. The van der Waals surface area contributed by atoms with Crippen molar-refractivity contribution in [3.05, 3.63) is 17.7 Å². The highest BCUT2D eigenvalue weighted by atomic mass is 16.5. The van der Waals surface area contributed by atoms with Gasteiger partial charge in [-0.15, -0.1) is 0 Å². The quantitative estimate of drug-likeness (QED) is 0.708. The van der Waals surface area contributed by atoms with Crippen LogP contribution in [0.3, 0.4) is 0 Å². The molecule has 5 heteroatoms. The predicted molar refractivity (Wildman–Crippen MR) is 70.3 cm³/mol. The first-order chi connectivity index (χ1) is 9.03. The van der Waals surface area contributed by atoms with Crippen molar-refractivity contribution in [1.29, 1.82) is 0 Å². The van der Waals surface area contributed by atoms with Crippen LogP contribution < -0.4 is 14.2 Å². The van der Waals surface area contributed by atoms with E-state index in [0.717, 1.165) is 0 Å². The Bertz CT molecular complexity index is 454. The Balaban J connectivity index is 3.08. The van der Waals surface area contributed by atoms with Crippen molar-refractivity contribution in [3.63, 3.8) is 0 Å². The standard InChI is InChI=1S/C14H18O5/c1-9(15)5-6-11(16)10-7-12(17-2)14(19-4)13(8-10)18-3/h7-8H,5-6H2,1-4H3. The summed E-state index contributed by atoms with van der Waals surface area (Å²) >= 11 is 0. The van der Waals surface area contributed by atoms with Crippen LogP contribution in [0.15, 0.2) is 12.1 Å². The second kappa shape index (κ2) is 6.78. The molecule has 0 fully saturated rings. The molecule has 19 heavy (non-hydrogen) atoms. The molecular weight excluding hydrogens is 248 g/mol. The molecule has 1 aromatic rings. The number of Topliss-reactive ketones (excluding diaryl/α,β-unsaturated/α-hetero) is 2. The Morgan fingerprint density at radius 3 is 1.84 bits per heavy atom. The lowest BCUT2D eigenvalue weighted by molar-refractivity contribution is -0.116. The average Bonchev–Trinajstić information content (AvgIpc) is 2.42. The Hall–Kier alpha value is -2.04. The molecule has 0 saturated carbocycles. The maximum absolute atomic E-state index is 12.0. The maximum Gasteiger partial charge on any atom is 0.203 e. The second-order valence-electron chi connectivity index (χ2n) is 4.04. The summed E-state index contributed by atoms with van der Waals surface area (Å²) in [4.78, 5) is 22.9. The molecule has 1 rings (SSSR count). The highest BCUT2D eigenvalue weighted by molar-refractivity contribution is 5.99. The minimum atomic E-state index is -0.130. The number of hydrogen-bond acceptors (Lipinski definition) is 5. The molecule has 0 aliphatic rings. The third-order valence-corrected chi connectivity index (χ3v) is 2.69. The van der Waals surface area contributed by atoms with Crippen LogP contribution in [-0.2, 0) is 4.79 Å². The van der Waals surface area contributed by atoms with E-state index in [0.29, 0.717) is 22.8 Å². The molecule has 0 aliphatic heterocycles. The van der Waals surface area contributed by atoms with Gasteiger partial charge in [0.15, 0.2) is 17.3 Å². The molecule has 0 saturated heterocycles. The van der Waals surface area contributed by atoms with Gasteiger partial charge in [-0.25, -0.2) is 0 Å². The SMILES string of the molecule is COc1cc(C(=O)CCC(C)=O)cc(OC)c1OC. The molecule has 0 bridgehead atoms. The summed E-state index contributed by atoms with van der Waals surface area (Å²) < 4.78 is 15.5. The lowest BCUT2D eigenvalue weighted by atomic mass is 10.0. The molecular formula is C14H18O5. The van der Waals surface area contributed by atoms with Gasteiger partial charge in [0.05, 0.1) is 21.3 Å². The summed E-state index contributed by atoms with van der Waals surface area (Å²) in [7, 11) is 4.47. The summed E-state index contributed by atoms with van der Waals surface area (Å²) in [6.45, 7) is 1.46. The molecule has 0 radical (unpaired) electrons. The smallest absolute Gasteiger partial charge is 0.203 e. The first-order valence-corrected chi connectivity index (χ1v) is 5.86. The average molecular weight is 266 g/mol. The number of ether oxygens (including phenoxy) is 3. The molecule has 0 aliphatic carbocycles. The number of rotatable bonds is 7. The molecule has 0 N–H and O–H groups in total. The zero-order valence-electron chi connectivity index (χ0n) is 11.6. The monoisotopic (exact) mass is 266 g/mol. The van der Waals surface area contributed by atoms with Crippen molar-refractivity contribution >= 4 is 11.6 Å². The number of ketones is 2. The van der Waals surface area contributed by atoms with Gasteiger partial charge in [-0.1, -0.05) is 0 Å². The van der Waals surface area contributed by atoms with Crippen LogP contribution in [0.1, 0.15) is 30.1 Å². The van der Waals surface area contributed by atoms with E-state index in [1.165, 1.54) is 28.3 Å². The normalized spacial score (nSPS) is 9.89. The van der Waals surface area contributed by atoms with Crippen LogP contribution in [-0.4, -0.2) is 32.9 Å². The van der Waals surface area contributed by atoms with Gasteiger partial charge in [0.1, 0.15) is 5.78 Å². The largest absolute Gasteiger partial charge is 0.493 e. The fourth-order valence-corrected chi connectivity index (χ4v) is 1.68. The number of carbonyl (C=O) groups excluding carboxylic acids is 2. The molecule has 104 valence electrons. The van der Waals surface area contributed by atoms with Gasteiger partial charge in [-0.2, -0.15) is 0 Å². The zero-order valence-corrected chi connectivity index (χ0v) is 11.6. The van der Waals surface area contributed by atoms with Gasteiger partial charge in [0.25, 0.3) is 0 Å². The second-order valence-corrected chi connectivity index (χ2v) is 4.04. The van der Waals surface area contributed by atoms with Crippen LogP contribution in [0.5, 0.6) is 17.2 Å². The third-order valence-electron chi connectivity index (χ3n) is 2.69. The van der Waals surface area contributed by atoms with Crippen molar-refractivity contribution < 1.29 is 23.8 Å². The summed E-state index contributed by atoms with van der Waals surface area (Å²) in [6, 6.07) is 3.17. The van der Waals surface area contributed by atoms with E-state index in [-0.39, 0.29) is 24.4 Å². The zero-order chi connectivity index (χ0) is 14.4. The van der Waals surface area contributed by atoms with Crippen LogP contribution in [0, 0.1) is 0 Å². The van der Waals surface area contributed by atoms with E-state index in [9.17, 15) is 9.59 Å². The van der Waals surface area contributed by atoms with Gasteiger partial charge in [0.2, 0.25) is 5.75 Å². The van der Waals surface area contributed by atoms with Crippen molar-refractivity contribution in [2.75, 3.05) is 21.3 Å². The highest BCUT2D eigenvalue weighted by Crippen LogP contribution is 2.38. The summed E-state index contributed by atoms with van der Waals surface area (Å²) in [5, 5.41) is 0. The number of carbonyl (C=O) groups is 2. The van der Waals surface area contributed by atoms with E-state index in [1.807, 2.05) is 0 Å². The molecule has 0 aromatic heterocycles. The molecule has 1 aromatic carbocycles. The lowest BCUT2D eigenvalue weighted by Gasteiger charge is -2.13. The lowest BCUT2D eigenvalue weighted by Crippen LogP contribution is -2.04. The summed E-state index contributed by atoms with van der Waals surface area (Å²) in [5.41, 5.74) is 0.441. The van der Waals surface area contributed by atoms with Gasteiger partial charge < -0.3 is 19.0 Å². The van der Waals surface area contributed by atoms with Crippen LogP contribution in [0.25, 0.3) is 0 Å². The van der Waals surface area contributed by atoms with Crippen LogP contribution in [0.4, 0.5) is 0 Å². The molecule has 5 nitrogen and oxygen atoms in total.